The number of carbonyl (C=O) groups excluding carboxylic acids is 2. The molecule has 2 N–H and O–H groups in total. The summed E-state index contributed by atoms with van der Waals surface area (Å²) in [5, 5.41) is 14.5. The van der Waals surface area contributed by atoms with Crippen LogP contribution in [0.5, 0.6) is 5.75 Å². The molecule has 2 rings (SSSR count). The number of tetrazole rings is 1. The molecule has 0 aliphatic heterocycles. The number of aryl methyl sites for hydroxylation is 1. The molecular formula is C15H16ClF3N6O4. The summed E-state index contributed by atoms with van der Waals surface area (Å²) in [6, 6.07) is 1.86. The van der Waals surface area contributed by atoms with Gasteiger partial charge >= 0.3 is 6.36 Å². The number of aromatic nitrogens is 4. The molecule has 29 heavy (non-hydrogen) atoms. The highest BCUT2D eigenvalue weighted by molar-refractivity contribution is 6.37. The SMILES string of the molecule is CCCOCC(=O)Nc1c(OC(F)(F)F)ccc(C(=O)Nc2nnnn2C)c1Cl. The lowest BCUT2D eigenvalue weighted by Gasteiger charge is -2.17. The number of rotatable bonds is 8. The van der Waals surface area contributed by atoms with Crippen LogP contribution in [0.15, 0.2) is 12.1 Å². The molecule has 2 amide bonds. The molecule has 0 aliphatic rings. The fraction of sp³-hybridized carbons (Fsp3) is 0.400. The zero-order valence-electron chi connectivity index (χ0n) is 15.2. The Labute approximate surface area is 167 Å². The van der Waals surface area contributed by atoms with Gasteiger partial charge in [-0.3, -0.25) is 14.9 Å². The fourth-order valence-corrected chi connectivity index (χ4v) is 2.34. The molecule has 0 radical (unpaired) electrons. The topological polar surface area (TPSA) is 120 Å². The quantitative estimate of drug-likeness (QED) is 0.609. The van der Waals surface area contributed by atoms with Crippen molar-refractivity contribution in [2.75, 3.05) is 23.8 Å². The molecular weight excluding hydrogens is 421 g/mol. The van der Waals surface area contributed by atoms with Crippen molar-refractivity contribution in [1.82, 2.24) is 20.2 Å². The summed E-state index contributed by atoms with van der Waals surface area (Å²) in [4.78, 5) is 24.4. The Kier molecular flexibility index (Phi) is 7.34. The maximum absolute atomic E-state index is 12.7. The third kappa shape index (κ3) is 6.29. The fourth-order valence-electron chi connectivity index (χ4n) is 2.05. The van der Waals surface area contributed by atoms with Crippen molar-refractivity contribution in [3.8, 4) is 5.75 Å². The zero-order valence-corrected chi connectivity index (χ0v) is 16.0. The molecule has 1 aromatic carbocycles. The van der Waals surface area contributed by atoms with E-state index in [0.29, 0.717) is 6.42 Å². The number of hydrogen-bond acceptors (Lipinski definition) is 7. The monoisotopic (exact) mass is 436 g/mol. The van der Waals surface area contributed by atoms with Gasteiger partial charge < -0.3 is 14.8 Å². The third-order valence-corrected chi connectivity index (χ3v) is 3.66. The van der Waals surface area contributed by atoms with Gasteiger partial charge in [-0.15, -0.1) is 13.2 Å². The second kappa shape index (κ2) is 9.52. The van der Waals surface area contributed by atoms with Crippen molar-refractivity contribution in [2.24, 2.45) is 7.05 Å². The average Bonchev–Trinajstić information content (AvgIpc) is 3.02. The van der Waals surface area contributed by atoms with E-state index < -0.39 is 41.2 Å². The van der Waals surface area contributed by atoms with E-state index in [1.165, 1.54) is 7.05 Å². The van der Waals surface area contributed by atoms with Crippen LogP contribution >= 0.6 is 11.6 Å². The van der Waals surface area contributed by atoms with Gasteiger partial charge in [0, 0.05) is 13.7 Å². The predicted octanol–water partition coefficient (Wildman–Crippen LogP) is 2.38. The summed E-state index contributed by atoms with van der Waals surface area (Å²) in [5.74, 6) is -2.41. The number of carbonyl (C=O) groups is 2. The van der Waals surface area contributed by atoms with E-state index in [0.717, 1.165) is 16.8 Å². The number of benzene rings is 1. The molecule has 0 atom stereocenters. The molecule has 1 aromatic heterocycles. The lowest BCUT2D eigenvalue weighted by Crippen LogP contribution is -2.23. The van der Waals surface area contributed by atoms with E-state index in [1.807, 2.05) is 6.92 Å². The maximum Gasteiger partial charge on any atom is 0.573 e. The van der Waals surface area contributed by atoms with Gasteiger partial charge in [-0.25, -0.2) is 4.68 Å². The first-order valence-corrected chi connectivity index (χ1v) is 8.49. The minimum absolute atomic E-state index is 0.0276. The number of nitrogens with one attached hydrogen (secondary N) is 2. The molecule has 0 aliphatic carbocycles. The molecule has 10 nitrogen and oxygen atoms in total. The maximum atomic E-state index is 12.7. The molecule has 0 spiro atoms. The van der Waals surface area contributed by atoms with E-state index >= 15 is 0 Å². The van der Waals surface area contributed by atoms with Crippen molar-refractivity contribution in [3.05, 3.63) is 22.7 Å². The molecule has 158 valence electrons. The van der Waals surface area contributed by atoms with Crippen LogP contribution in [0, 0.1) is 0 Å². The van der Waals surface area contributed by atoms with E-state index in [4.69, 9.17) is 16.3 Å². The summed E-state index contributed by atoms with van der Waals surface area (Å²) in [6.45, 7) is 1.68. The normalized spacial score (nSPS) is 11.2. The van der Waals surface area contributed by atoms with Gasteiger partial charge in [0.1, 0.15) is 12.3 Å². The van der Waals surface area contributed by atoms with Gasteiger partial charge in [-0.1, -0.05) is 23.6 Å². The highest BCUT2D eigenvalue weighted by Crippen LogP contribution is 2.38. The summed E-state index contributed by atoms with van der Waals surface area (Å²) in [6.07, 6.45) is -4.40. The van der Waals surface area contributed by atoms with Crippen LogP contribution in [0.2, 0.25) is 5.02 Å². The van der Waals surface area contributed by atoms with Crippen molar-refractivity contribution in [3.63, 3.8) is 0 Å². The van der Waals surface area contributed by atoms with Gasteiger partial charge in [-0.2, -0.15) is 0 Å². The Hall–Kier alpha value is -2.93. The summed E-state index contributed by atoms with van der Waals surface area (Å²) in [7, 11) is 1.46. The lowest BCUT2D eigenvalue weighted by molar-refractivity contribution is -0.274. The number of amides is 2. The highest BCUT2D eigenvalue weighted by Gasteiger charge is 2.33. The van der Waals surface area contributed by atoms with Crippen LogP contribution in [-0.2, 0) is 16.6 Å². The van der Waals surface area contributed by atoms with Crippen molar-refractivity contribution < 1.29 is 32.2 Å². The molecule has 0 bridgehead atoms. The second-order valence-corrected chi connectivity index (χ2v) is 5.91. The number of anilines is 2. The van der Waals surface area contributed by atoms with Crippen molar-refractivity contribution in [2.45, 2.75) is 19.7 Å². The van der Waals surface area contributed by atoms with Crippen LogP contribution in [0.1, 0.15) is 23.7 Å². The molecule has 14 heteroatoms. The zero-order chi connectivity index (χ0) is 21.6. The Morgan fingerprint density at radius 1 is 1.28 bits per heavy atom. The first-order valence-electron chi connectivity index (χ1n) is 8.12. The van der Waals surface area contributed by atoms with Gasteiger partial charge in [0.25, 0.3) is 11.8 Å². The van der Waals surface area contributed by atoms with Crippen LogP contribution in [-0.4, -0.2) is 51.6 Å². The number of ether oxygens (including phenoxy) is 2. The van der Waals surface area contributed by atoms with Gasteiger partial charge in [-0.05, 0) is 29.0 Å². The summed E-state index contributed by atoms with van der Waals surface area (Å²) < 4.78 is 48.1. The molecule has 1 heterocycles. The van der Waals surface area contributed by atoms with E-state index in [-0.39, 0.29) is 18.1 Å². The number of halogens is 4. The van der Waals surface area contributed by atoms with Crippen LogP contribution in [0.25, 0.3) is 0 Å². The van der Waals surface area contributed by atoms with Crippen LogP contribution in [0.3, 0.4) is 0 Å². The minimum Gasteiger partial charge on any atom is -0.404 e. The summed E-state index contributed by atoms with van der Waals surface area (Å²) in [5.41, 5.74) is -0.771. The van der Waals surface area contributed by atoms with Crippen LogP contribution < -0.4 is 15.4 Å². The minimum atomic E-state index is -5.05. The van der Waals surface area contributed by atoms with Gasteiger partial charge in [0.15, 0.2) is 5.75 Å². The average molecular weight is 437 g/mol. The standard InChI is InChI=1S/C15H16ClF3N6O4/c1-3-6-28-7-10(26)20-12-9(29-15(17,18)19)5-4-8(11(12)16)13(27)21-14-22-23-24-25(14)2/h4-5H,3,6-7H2,1-2H3,(H,20,26)(H,21,22,24,27). The highest BCUT2D eigenvalue weighted by atomic mass is 35.5. The van der Waals surface area contributed by atoms with Gasteiger partial charge in [0.05, 0.1) is 10.6 Å². The van der Waals surface area contributed by atoms with Crippen molar-refractivity contribution in [1.29, 1.82) is 0 Å². The number of alkyl halides is 3. The summed E-state index contributed by atoms with van der Waals surface area (Å²) >= 11 is 6.10. The first kappa shape index (κ1) is 22.4. The van der Waals surface area contributed by atoms with E-state index in [9.17, 15) is 22.8 Å². The van der Waals surface area contributed by atoms with Crippen molar-refractivity contribution >= 4 is 35.1 Å². The Morgan fingerprint density at radius 2 is 2.00 bits per heavy atom. The molecule has 0 saturated heterocycles. The number of nitrogens with zero attached hydrogens (tertiary/aromatic N) is 4. The smallest absolute Gasteiger partial charge is 0.404 e. The molecule has 2 aromatic rings. The van der Waals surface area contributed by atoms with E-state index in [2.05, 4.69) is 30.9 Å². The lowest BCUT2D eigenvalue weighted by atomic mass is 10.1. The number of hydrogen-bond donors (Lipinski definition) is 2. The Bertz CT molecular complexity index is 889. The Morgan fingerprint density at radius 3 is 2.59 bits per heavy atom. The third-order valence-electron chi connectivity index (χ3n) is 3.27. The molecule has 0 unspecified atom stereocenters. The van der Waals surface area contributed by atoms with Crippen LogP contribution in [0.4, 0.5) is 24.8 Å². The molecule has 0 saturated carbocycles. The first-order chi connectivity index (χ1) is 13.6. The largest absolute Gasteiger partial charge is 0.573 e. The second-order valence-electron chi connectivity index (χ2n) is 5.53. The Balaban J connectivity index is 2.32. The molecule has 0 fully saturated rings. The predicted molar refractivity (Wildman–Crippen MR) is 94.6 cm³/mol. The van der Waals surface area contributed by atoms with Gasteiger partial charge in [0.2, 0.25) is 5.95 Å². The van der Waals surface area contributed by atoms with E-state index in [1.54, 1.807) is 0 Å².